The molecule has 0 saturated carbocycles. The fourth-order valence-corrected chi connectivity index (χ4v) is 1.74. The maximum Gasteiger partial charge on any atom is 0.341 e. The number of hydrogen-bond acceptors (Lipinski definition) is 7. The standard InChI is InChI=1S/C15H21N3O6/c1-10(2)8-17-14(20)9-24-15(21)12-7-11(18(22)23)3-4-13(12)16-5-6-19/h3-4,7,10,16,19H,5-6,8-9H2,1-2H3,(H,17,20). The maximum atomic E-state index is 12.1. The molecular formula is C15H21N3O6. The topological polar surface area (TPSA) is 131 Å². The predicted molar refractivity (Wildman–Crippen MR) is 86.8 cm³/mol. The van der Waals surface area contributed by atoms with Crippen LogP contribution >= 0.6 is 0 Å². The molecule has 0 atom stereocenters. The fraction of sp³-hybridized carbons (Fsp3) is 0.467. The van der Waals surface area contributed by atoms with Crippen molar-refractivity contribution in [1.82, 2.24) is 5.32 Å². The Balaban J connectivity index is 2.80. The lowest BCUT2D eigenvalue weighted by Gasteiger charge is -2.11. The second-order valence-electron chi connectivity index (χ2n) is 5.41. The van der Waals surface area contributed by atoms with Gasteiger partial charge in [-0.05, 0) is 12.0 Å². The van der Waals surface area contributed by atoms with Crippen molar-refractivity contribution in [2.75, 3.05) is 31.6 Å². The maximum absolute atomic E-state index is 12.1. The normalized spacial score (nSPS) is 10.3. The van der Waals surface area contributed by atoms with E-state index in [9.17, 15) is 19.7 Å². The molecule has 24 heavy (non-hydrogen) atoms. The van der Waals surface area contributed by atoms with Gasteiger partial charge in [0.1, 0.15) is 0 Å². The van der Waals surface area contributed by atoms with Crippen LogP contribution in [0.3, 0.4) is 0 Å². The molecule has 0 aliphatic rings. The molecular weight excluding hydrogens is 318 g/mol. The number of amides is 1. The number of aliphatic hydroxyl groups is 1. The Morgan fingerprint density at radius 3 is 2.67 bits per heavy atom. The Kier molecular flexibility index (Phi) is 7.63. The fourth-order valence-electron chi connectivity index (χ4n) is 1.74. The summed E-state index contributed by atoms with van der Waals surface area (Å²) in [5.41, 5.74) is -0.0719. The van der Waals surface area contributed by atoms with Crippen LogP contribution in [0.4, 0.5) is 11.4 Å². The van der Waals surface area contributed by atoms with Crippen molar-refractivity contribution in [3.63, 3.8) is 0 Å². The van der Waals surface area contributed by atoms with Gasteiger partial charge in [-0.1, -0.05) is 13.8 Å². The number of carbonyl (C=O) groups is 2. The van der Waals surface area contributed by atoms with Crippen molar-refractivity contribution >= 4 is 23.3 Å². The summed E-state index contributed by atoms with van der Waals surface area (Å²) in [5, 5.41) is 25.0. The molecule has 0 aliphatic carbocycles. The number of benzene rings is 1. The first-order valence-corrected chi connectivity index (χ1v) is 7.42. The van der Waals surface area contributed by atoms with E-state index in [1.165, 1.54) is 12.1 Å². The van der Waals surface area contributed by atoms with Crippen molar-refractivity contribution in [1.29, 1.82) is 0 Å². The summed E-state index contributed by atoms with van der Waals surface area (Å²) in [5.74, 6) is -1.05. The van der Waals surface area contributed by atoms with Crippen LogP contribution in [0, 0.1) is 16.0 Å². The third-order valence-electron chi connectivity index (χ3n) is 2.90. The largest absolute Gasteiger partial charge is 0.452 e. The van der Waals surface area contributed by atoms with Gasteiger partial charge in [-0.25, -0.2) is 4.79 Å². The molecule has 9 heteroatoms. The molecule has 0 fully saturated rings. The van der Waals surface area contributed by atoms with Crippen molar-refractivity contribution < 1.29 is 24.4 Å². The number of hydrogen-bond donors (Lipinski definition) is 3. The number of aliphatic hydroxyl groups excluding tert-OH is 1. The second kappa shape index (κ2) is 9.46. The van der Waals surface area contributed by atoms with Crippen LogP contribution in [-0.2, 0) is 9.53 Å². The number of non-ortho nitro benzene ring substituents is 1. The van der Waals surface area contributed by atoms with E-state index < -0.39 is 23.4 Å². The highest BCUT2D eigenvalue weighted by Crippen LogP contribution is 2.23. The monoisotopic (exact) mass is 339 g/mol. The third-order valence-corrected chi connectivity index (χ3v) is 2.90. The van der Waals surface area contributed by atoms with Crippen LogP contribution in [0.2, 0.25) is 0 Å². The number of nitro groups is 1. The van der Waals surface area contributed by atoms with E-state index in [-0.39, 0.29) is 36.0 Å². The van der Waals surface area contributed by atoms with E-state index in [2.05, 4.69) is 10.6 Å². The third kappa shape index (κ3) is 6.21. The van der Waals surface area contributed by atoms with E-state index in [0.717, 1.165) is 6.07 Å². The summed E-state index contributed by atoms with van der Waals surface area (Å²) in [6.07, 6.45) is 0. The van der Waals surface area contributed by atoms with Gasteiger partial charge >= 0.3 is 5.97 Å². The zero-order valence-corrected chi connectivity index (χ0v) is 13.6. The predicted octanol–water partition coefficient (Wildman–Crippen LogP) is 0.928. The zero-order chi connectivity index (χ0) is 18.1. The van der Waals surface area contributed by atoms with Gasteiger partial charge in [0.2, 0.25) is 0 Å². The van der Waals surface area contributed by atoms with Gasteiger partial charge in [-0.3, -0.25) is 14.9 Å². The average Bonchev–Trinajstić information content (AvgIpc) is 2.55. The first-order valence-electron chi connectivity index (χ1n) is 7.42. The number of nitro benzene ring substituents is 1. The smallest absolute Gasteiger partial charge is 0.341 e. The highest BCUT2D eigenvalue weighted by molar-refractivity contribution is 5.97. The summed E-state index contributed by atoms with van der Waals surface area (Å²) >= 11 is 0. The van der Waals surface area contributed by atoms with E-state index in [4.69, 9.17) is 9.84 Å². The van der Waals surface area contributed by atoms with Gasteiger partial charge in [0, 0.05) is 30.9 Å². The molecule has 0 aromatic heterocycles. The van der Waals surface area contributed by atoms with Gasteiger partial charge in [-0.15, -0.1) is 0 Å². The number of anilines is 1. The molecule has 0 radical (unpaired) electrons. The molecule has 3 N–H and O–H groups in total. The van der Waals surface area contributed by atoms with Crippen molar-refractivity contribution in [2.45, 2.75) is 13.8 Å². The van der Waals surface area contributed by atoms with Crippen molar-refractivity contribution in [3.05, 3.63) is 33.9 Å². The van der Waals surface area contributed by atoms with Crippen LogP contribution in [0.15, 0.2) is 18.2 Å². The molecule has 0 heterocycles. The molecule has 1 amide bonds. The van der Waals surface area contributed by atoms with E-state index in [0.29, 0.717) is 6.54 Å². The van der Waals surface area contributed by atoms with Crippen LogP contribution in [0.1, 0.15) is 24.2 Å². The second-order valence-corrected chi connectivity index (χ2v) is 5.41. The van der Waals surface area contributed by atoms with Crippen LogP contribution in [0.5, 0.6) is 0 Å². The van der Waals surface area contributed by atoms with E-state index >= 15 is 0 Å². The number of rotatable bonds is 9. The Hall–Kier alpha value is -2.68. The molecule has 0 bridgehead atoms. The lowest BCUT2D eigenvalue weighted by atomic mass is 10.1. The van der Waals surface area contributed by atoms with Gasteiger partial charge in [0.25, 0.3) is 11.6 Å². The lowest BCUT2D eigenvalue weighted by molar-refractivity contribution is -0.384. The van der Waals surface area contributed by atoms with Gasteiger partial charge < -0.3 is 20.5 Å². The van der Waals surface area contributed by atoms with Crippen molar-refractivity contribution in [3.8, 4) is 0 Å². The highest BCUT2D eigenvalue weighted by Gasteiger charge is 2.19. The summed E-state index contributed by atoms with van der Waals surface area (Å²) in [6.45, 7) is 3.81. The minimum atomic E-state index is -0.862. The molecule has 132 valence electrons. The highest BCUT2D eigenvalue weighted by atomic mass is 16.6. The lowest BCUT2D eigenvalue weighted by Crippen LogP contribution is -2.31. The number of ether oxygens (including phenoxy) is 1. The first-order chi connectivity index (χ1) is 11.3. The van der Waals surface area contributed by atoms with E-state index in [1.54, 1.807) is 0 Å². The quantitative estimate of drug-likeness (QED) is 0.346. The average molecular weight is 339 g/mol. The zero-order valence-electron chi connectivity index (χ0n) is 13.6. The van der Waals surface area contributed by atoms with Gasteiger partial charge in [0.05, 0.1) is 17.1 Å². The molecule has 1 aromatic rings. The molecule has 1 rings (SSSR count). The Morgan fingerprint density at radius 2 is 2.08 bits per heavy atom. The molecule has 0 unspecified atom stereocenters. The number of carbonyl (C=O) groups excluding carboxylic acids is 2. The minimum Gasteiger partial charge on any atom is -0.452 e. The molecule has 9 nitrogen and oxygen atoms in total. The molecule has 1 aromatic carbocycles. The van der Waals surface area contributed by atoms with Crippen LogP contribution < -0.4 is 10.6 Å². The van der Waals surface area contributed by atoms with Crippen LogP contribution in [0.25, 0.3) is 0 Å². The Bertz CT molecular complexity index is 603. The summed E-state index contributed by atoms with van der Waals surface area (Å²) in [4.78, 5) is 33.9. The first kappa shape index (κ1) is 19.4. The molecule has 0 aliphatic heterocycles. The Morgan fingerprint density at radius 1 is 1.38 bits per heavy atom. The summed E-state index contributed by atoms with van der Waals surface area (Å²) in [6, 6.07) is 3.64. The number of nitrogens with one attached hydrogen (secondary N) is 2. The molecule has 0 saturated heterocycles. The van der Waals surface area contributed by atoms with E-state index in [1.807, 2.05) is 13.8 Å². The summed E-state index contributed by atoms with van der Waals surface area (Å²) in [7, 11) is 0. The molecule has 0 spiro atoms. The van der Waals surface area contributed by atoms with Gasteiger partial charge in [0.15, 0.2) is 6.61 Å². The Labute approximate surface area is 139 Å². The number of esters is 1. The minimum absolute atomic E-state index is 0.0747. The summed E-state index contributed by atoms with van der Waals surface area (Å²) < 4.78 is 4.90. The van der Waals surface area contributed by atoms with Crippen molar-refractivity contribution in [2.24, 2.45) is 5.92 Å². The SMILES string of the molecule is CC(C)CNC(=O)COC(=O)c1cc([N+](=O)[O-])ccc1NCCO. The van der Waals surface area contributed by atoms with Crippen LogP contribution in [-0.4, -0.2) is 48.2 Å². The number of nitrogens with zero attached hydrogens (tertiary/aromatic N) is 1. The van der Waals surface area contributed by atoms with Gasteiger partial charge in [-0.2, -0.15) is 0 Å².